The minimum absolute atomic E-state index is 0.689. The lowest BCUT2D eigenvalue weighted by Crippen LogP contribution is -2.44. The van der Waals surface area contributed by atoms with Crippen molar-refractivity contribution in [2.45, 2.75) is 19.9 Å². The van der Waals surface area contributed by atoms with Crippen LogP contribution in [0.1, 0.15) is 29.4 Å². The van der Waals surface area contributed by atoms with Gasteiger partial charge in [0.2, 0.25) is 0 Å². The van der Waals surface area contributed by atoms with Crippen LogP contribution in [0.25, 0.3) is 16.6 Å². The summed E-state index contributed by atoms with van der Waals surface area (Å²) >= 11 is 0. The van der Waals surface area contributed by atoms with E-state index >= 15 is 0 Å². The summed E-state index contributed by atoms with van der Waals surface area (Å²) in [6, 6.07) is 17.1. The van der Waals surface area contributed by atoms with E-state index in [1.54, 1.807) is 0 Å². The van der Waals surface area contributed by atoms with Gasteiger partial charge in [-0.1, -0.05) is 61.2 Å². The van der Waals surface area contributed by atoms with Crippen LogP contribution in [0.3, 0.4) is 0 Å². The third-order valence-corrected chi connectivity index (χ3v) is 7.75. The molecule has 41 heavy (non-hydrogen) atoms. The minimum Gasteiger partial charge on any atom is -0.388 e. The molecule has 3 heterocycles. The zero-order valence-electron chi connectivity index (χ0n) is 24.5. The van der Waals surface area contributed by atoms with Gasteiger partial charge >= 0.3 is 0 Å². The predicted molar refractivity (Wildman–Crippen MR) is 172 cm³/mol. The van der Waals surface area contributed by atoms with Gasteiger partial charge < -0.3 is 25.4 Å². The molecule has 2 aromatic carbocycles. The van der Waals surface area contributed by atoms with Crippen LogP contribution in [0.15, 0.2) is 91.3 Å². The monoisotopic (exact) mass is 547 g/mol. The maximum absolute atomic E-state index is 5.07. The van der Waals surface area contributed by atoms with Crippen molar-refractivity contribution < 1.29 is 0 Å². The lowest BCUT2D eigenvalue weighted by molar-refractivity contribution is 0.313. The summed E-state index contributed by atoms with van der Waals surface area (Å²) in [6.45, 7) is 11.8. The molecule has 5 rings (SSSR count). The molecule has 3 N–H and O–H groups in total. The summed E-state index contributed by atoms with van der Waals surface area (Å²) in [6.07, 6.45) is 10.8. The maximum Gasteiger partial charge on any atom is 0.115 e. The van der Waals surface area contributed by atoms with Crippen LogP contribution in [0.4, 0.5) is 11.4 Å². The number of aromatic amines is 1. The molecular weight excluding hydrogens is 506 g/mol. The number of imidazole rings is 1. The number of nitrogens with zero attached hydrogens (tertiary/aromatic N) is 4. The van der Waals surface area contributed by atoms with Crippen molar-refractivity contribution in [3.05, 3.63) is 114 Å². The van der Waals surface area contributed by atoms with Gasteiger partial charge in [-0.15, -0.1) is 0 Å². The number of pyridine rings is 1. The molecule has 0 amide bonds. The minimum atomic E-state index is 0.689. The zero-order valence-corrected chi connectivity index (χ0v) is 24.5. The van der Waals surface area contributed by atoms with Crippen LogP contribution in [-0.2, 0) is 13.0 Å². The molecule has 0 saturated carbocycles. The summed E-state index contributed by atoms with van der Waals surface area (Å²) in [4.78, 5) is 17.9. The Bertz CT molecular complexity index is 1530. The molecule has 7 heteroatoms. The van der Waals surface area contributed by atoms with Gasteiger partial charge in [0.15, 0.2) is 0 Å². The first-order chi connectivity index (χ1) is 20.1. The Balaban J connectivity index is 1.35. The number of nitrogens with one attached hydrogen (secondary N) is 3. The standard InChI is InChI=1S/C34H41N7/c1-5-25(21-36-22-26-10-8-7-9-11-26)18-27(6-2)28-12-13-30(35-3)29(19-28)20-33-38-31-23-37-24-32(34(31)39-33)41-16-14-40(4)15-17-41/h5-13,18-19,23-24,35-36H,1,14-17,20-22H2,2-4H3,(H,38,39)/b25-18+,27-6+. The highest BCUT2D eigenvalue weighted by Gasteiger charge is 2.19. The van der Waals surface area contributed by atoms with Gasteiger partial charge in [-0.2, -0.15) is 0 Å². The van der Waals surface area contributed by atoms with E-state index in [0.717, 1.165) is 78.6 Å². The molecule has 2 aromatic heterocycles. The van der Waals surface area contributed by atoms with Gasteiger partial charge in [-0.25, -0.2) is 4.98 Å². The normalized spacial score (nSPS) is 15.0. The number of benzene rings is 2. The third kappa shape index (κ3) is 6.93. The van der Waals surface area contributed by atoms with Crippen molar-refractivity contribution in [3.63, 3.8) is 0 Å². The van der Waals surface area contributed by atoms with Crippen LogP contribution in [-0.4, -0.2) is 66.7 Å². The molecule has 7 nitrogen and oxygen atoms in total. The Morgan fingerprint density at radius 2 is 1.88 bits per heavy atom. The molecule has 0 unspecified atom stereocenters. The summed E-state index contributed by atoms with van der Waals surface area (Å²) in [5, 5.41) is 6.91. The average molecular weight is 548 g/mol. The number of H-pyrrole nitrogens is 1. The second-order valence-electron chi connectivity index (χ2n) is 10.6. The van der Waals surface area contributed by atoms with Crippen LogP contribution in [0.2, 0.25) is 0 Å². The van der Waals surface area contributed by atoms with E-state index in [0.29, 0.717) is 6.42 Å². The van der Waals surface area contributed by atoms with E-state index in [1.807, 2.05) is 31.6 Å². The van der Waals surface area contributed by atoms with Crippen molar-refractivity contribution in [2.75, 3.05) is 57.0 Å². The van der Waals surface area contributed by atoms with Crippen molar-refractivity contribution in [1.29, 1.82) is 0 Å². The molecule has 212 valence electrons. The number of allylic oxidation sites excluding steroid dienone is 3. The number of anilines is 2. The molecule has 0 aliphatic carbocycles. The first kappa shape index (κ1) is 28.3. The number of piperazine rings is 1. The fourth-order valence-electron chi connectivity index (χ4n) is 5.34. The number of hydrogen-bond acceptors (Lipinski definition) is 6. The largest absolute Gasteiger partial charge is 0.388 e. The summed E-state index contributed by atoms with van der Waals surface area (Å²) < 4.78 is 0. The first-order valence-electron chi connectivity index (χ1n) is 14.4. The second kappa shape index (κ2) is 13.4. The van der Waals surface area contributed by atoms with Gasteiger partial charge in [0.1, 0.15) is 11.3 Å². The fourth-order valence-corrected chi connectivity index (χ4v) is 5.34. The molecular formula is C34H41N7. The Hall–Kier alpha value is -4.20. The van der Waals surface area contributed by atoms with Crippen molar-refractivity contribution in [2.24, 2.45) is 0 Å². The topological polar surface area (TPSA) is 72.1 Å². The van der Waals surface area contributed by atoms with Crippen molar-refractivity contribution in [1.82, 2.24) is 25.2 Å². The van der Waals surface area contributed by atoms with Gasteiger partial charge in [0.25, 0.3) is 0 Å². The van der Waals surface area contributed by atoms with E-state index < -0.39 is 0 Å². The Morgan fingerprint density at radius 1 is 1.07 bits per heavy atom. The Labute approximate surface area is 243 Å². The van der Waals surface area contributed by atoms with Gasteiger partial charge in [-0.05, 0) is 53.9 Å². The van der Waals surface area contributed by atoms with Gasteiger partial charge in [0, 0.05) is 58.4 Å². The van der Waals surface area contributed by atoms with E-state index in [4.69, 9.17) is 4.98 Å². The highest BCUT2D eigenvalue weighted by atomic mass is 15.3. The van der Waals surface area contributed by atoms with Crippen LogP contribution in [0.5, 0.6) is 0 Å². The molecule has 1 aliphatic heterocycles. The summed E-state index contributed by atoms with van der Waals surface area (Å²) in [5.74, 6) is 0.937. The highest BCUT2D eigenvalue weighted by molar-refractivity contribution is 5.88. The Kier molecular flexibility index (Phi) is 9.29. The predicted octanol–water partition coefficient (Wildman–Crippen LogP) is 5.65. The highest BCUT2D eigenvalue weighted by Crippen LogP contribution is 2.28. The van der Waals surface area contributed by atoms with E-state index in [2.05, 4.69) is 106 Å². The zero-order chi connectivity index (χ0) is 28.6. The first-order valence-corrected chi connectivity index (χ1v) is 14.4. The summed E-state index contributed by atoms with van der Waals surface area (Å²) in [5.41, 5.74) is 10.1. The molecule has 1 fully saturated rings. The van der Waals surface area contributed by atoms with Crippen LogP contribution in [0, 0.1) is 0 Å². The van der Waals surface area contributed by atoms with E-state index in [-0.39, 0.29) is 0 Å². The lowest BCUT2D eigenvalue weighted by atomic mass is 9.98. The Morgan fingerprint density at radius 3 is 2.61 bits per heavy atom. The average Bonchev–Trinajstić information content (AvgIpc) is 3.42. The number of rotatable bonds is 11. The fraction of sp³-hybridized carbons (Fsp3) is 0.294. The van der Waals surface area contributed by atoms with Crippen LogP contribution >= 0.6 is 0 Å². The van der Waals surface area contributed by atoms with Crippen molar-refractivity contribution >= 4 is 28.0 Å². The molecule has 1 aliphatic rings. The second-order valence-corrected chi connectivity index (χ2v) is 10.6. The SMILES string of the molecule is C=C/C(=C\C(=C/C)c1ccc(NC)c(Cc2nc3c(N4CCN(C)CC4)cncc3[nH]2)c1)CNCc1ccccc1. The molecule has 0 radical (unpaired) electrons. The van der Waals surface area contributed by atoms with Gasteiger partial charge in [-0.3, -0.25) is 4.98 Å². The number of fused-ring (bicyclic) bond motifs is 1. The van der Waals surface area contributed by atoms with E-state index in [1.165, 1.54) is 16.7 Å². The molecule has 1 saturated heterocycles. The quantitative estimate of drug-likeness (QED) is 0.211. The number of aromatic nitrogens is 3. The number of likely N-dealkylation sites (N-methyl/N-ethyl adjacent to an activating group) is 1. The summed E-state index contributed by atoms with van der Waals surface area (Å²) in [7, 11) is 4.14. The third-order valence-electron chi connectivity index (χ3n) is 7.75. The van der Waals surface area contributed by atoms with Crippen molar-refractivity contribution in [3.8, 4) is 0 Å². The van der Waals surface area contributed by atoms with Crippen LogP contribution < -0.4 is 15.5 Å². The molecule has 0 spiro atoms. The lowest BCUT2D eigenvalue weighted by Gasteiger charge is -2.33. The molecule has 4 aromatic rings. The molecule has 0 bridgehead atoms. The maximum atomic E-state index is 5.07. The smallest absolute Gasteiger partial charge is 0.115 e. The van der Waals surface area contributed by atoms with Gasteiger partial charge in [0.05, 0.1) is 23.6 Å². The number of hydrogen-bond donors (Lipinski definition) is 3. The molecule has 0 atom stereocenters. The van der Waals surface area contributed by atoms with E-state index in [9.17, 15) is 0 Å².